The molecule has 0 atom stereocenters. The Morgan fingerprint density at radius 1 is 1.38 bits per heavy atom. The maximum atomic E-state index is 5.54. The summed E-state index contributed by atoms with van der Waals surface area (Å²) in [6.45, 7) is 3.09. The number of hydrogen-bond donors (Lipinski definition) is 2. The minimum atomic E-state index is 0.177. The monoisotopic (exact) mass is 223 g/mol. The van der Waals surface area contributed by atoms with Gasteiger partial charge < -0.3 is 15.8 Å². The molecule has 6 nitrogen and oxygen atoms in total. The molecule has 0 saturated heterocycles. The second-order valence-electron chi connectivity index (χ2n) is 4.21. The van der Waals surface area contributed by atoms with Crippen molar-refractivity contribution in [2.45, 2.75) is 26.2 Å². The molecule has 1 aliphatic carbocycles. The van der Waals surface area contributed by atoms with Gasteiger partial charge in [0, 0.05) is 6.54 Å². The van der Waals surface area contributed by atoms with Crippen molar-refractivity contribution in [3.8, 4) is 6.01 Å². The first-order valence-corrected chi connectivity index (χ1v) is 5.47. The van der Waals surface area contributed by atoms with Gasteiger partial charge in [-0.05, 0) is 24.7 Å². The molecular weight excluding hydrogens is 206 g/mol. The van der Waals surface area contributed by atoms with Crippen molar-refractivity contribution < 1.29 is 4.74 Å². The minimum absolute atomic E-state index is 0.177. The van der Waals surface area contributed by atoms with Crippen molar-refractivity contribution in [3.05, 3.63) is 0 Å². The number of nitrogens with zero attached hydrogens (tertiary/aromatic N) is 3. The zero-order chi connectivity index (χ0) is 11.6. The predicted molar refractivity (Wildman–Crippen MR) is 61.2 cm³/mol. The Labute approximate surface area is 94.6 Å². The van der Waals surface area contributed by atoms with Crippen LogP contribution >= 0.6 is 0 Å². The van der Waals surface area contributed by atoms with Gasteiger partial charge in [0.05, 0.1) is 7.11 Å². The third-order valence-electron chi connectivity index (χ3n) is 3.14. The Hall–Kier alpha value is -1.59. The average molecular weight is 223 g/mol. The van der Waals surface area contributed by atoms with E-state index in [4.69, 9.17) is 10.5 Å². The number of methoxy groups -OCH3 is 1. The molecule has 1 aliphatic rings. The third-order valence-corrected chi connectivity index (χ3v) is 3.14. The van der Waals surface area contributed by atoms with Gasteiger partial charge in [0.1, 0.15) is 0 Å². The number of nitrogen functional groups attached to an aromatic ring is 1. The lowest BCUT2D eigenvalue weighted by molar-refractivity contribution is 0.379. The van der Waals surface area contributed by atoms with Crippen LogP contribution in [0.2, 0.25) is 0 Å². The van der Waals surface area contributed by atoms with Crippen LogP contribution < -0.4 is 15.8 Å². The van der Waals surface area contributed by atoms with E-state index in [9.17, 15) is 0 Å². The molecular formula is C10H17N5O. The van der Waals surface area contributed by atoms with Gasteiger partial charge in [0.2, 0.25) is 11.9 Å². The zero-order valence-corrected chi connectivity index (χ0v) is 9.66. The number of hydrogen-bond acceptors (Lipinski definition) is 6. The van der Waals surface area contributed by atoms with Gasteiger partial charge in [-0.3, -0.25) is 0 Å². The molecule has 1 aromatic heterocycles. The molecule has 0 aromatic carbocycles. The van der Waals surface area contributed by atoms with E-state index in [-0.39, 0.29) is 12.0 Å². The molecule has 16 heavy (non-hydrogen) atoms. The van der Waals surface area contributed by atoms with Crippen LogP contribution in [0, 0.1) is 5.41 Å². The Kier molecular flexibility index (Phi) is 2.80. The first-order chi connectivity index (χ1) is 7.67. The molecule has 0 bridgehead atoms. The van der Waals surface area contributed by atoms with Gasteiger partial charge in [-0.1, -0.05) is 6.92 Å². The summed E-state index contributed by atoms with van der Waals surface area (Å²) in [4.78, 5) is 11.9. The van der Waals surface area contributed by atoms with Crippen molar-refractivity contribution >= 4 is 11.9 Å². The number of aromatic nitrogens is 3. The minimum Gasteiger partial charge on any atom is -0.467 e. The SMILES string of the molecule is CCC1(CNc2nc(N)nc(OC)n2)CC1. The number of nitrogens with one attached hydrogen (secondary N) is 1. The summed E-state index contributed by atoms with van der Waals surface area (Å²) in [5.41, 5.74) is 5.98. The number of nitrogens with two attached hydrogens (primary N) is 1. The largest absolute Gasteiger partial charge is 0.467 e. The molecule has 1 saturated carbocycles. The summed E-state index contributed by atoms with van der Waals surface area (Å²) in [5, 5.41) is 3.19. The van der Waals surface area contributed by atoms with Gasteiger partial charge in [-0.2, -0.15) is 15.0 Å². The van der Waals surface area contributed by atoms with E-state index in [2.05, 4.69) is 27.2 Å². The molecule has 0 aliphatic heterocycles. The molecule has 1 aromatic rings. The maximum absolute atomic E-state index is 5.54. The summed E-state index contributed by atoms with van der Waals surface area (Å²) < 4.78 is 4.93. The fourth-order valence-electron chi connectivity index (χ4n) is 1.64. The van der Waals surface area contributed by atoms with Crippen LogP contribution in [0.4, 0.5) is 11.9 Å². The topological polar surface area (TPSA) is 86.0 Å². The molecule has 6 heteroatoms. The Morgan fingerprint density at radius 3 is 2.69 bits per heavy atom. The van der Waals surface area contributed by atoms with Crippen LogP contribution in [0.5, 0.6) is 6.01 Å². The molecule has 0 spiro atoms. The van der Waals surface area contributed by atoms with Crippen LogP contribution in [0.3, 0.4) is 0 Å². The van der Waals surface area contributed by atoms with E-state index in [1.807, 2.05) is 0 Å². The average Bonchev–Trinajstić information content (AvgIpc) is 3.06. The van der Waals surface area contributed by atoms with Gasteiger partial charge in [0.25, 0.3) is 0 Å². The lowest BCUT2D eigenvalue weighted by Crippen LogP contribution is -2.17. The molecule has 1 heterocycles. The van der Waals surface area contributed by atoms with Crippen LogP contribution in [-0.4, -0.2) is 28.6 Å². The van der Waals surface area contributed by atoms with Gasteiger partial charge in [-0.25, -0.2) is 0 Å². The number of ether oxygens (including phenoxy) is 1. The van der Waals surface area contributed by atoms with E-state index >= 15 is 0 Å². The summed E-state index contributed by atoms with van der Waals surface area (Å²) in [5.74, 6) is 0.666. The Bertz CT molecular complexity index is 377. The summed E-state index contributed by atoms with van der Waals surface area (Å²) in [6, 6.07) is 0.247. The number of rotatable bonds is 5. The van der Waals surface area contributed by atoms with Crippen LogP contribution in [0.25, 0.3) is 0 Å². The Morgan fingerprint density at radius 2 is 2.12 bits per heavy atom. The molecule has 2 rings (SSSR count). The fraction of sp³-hybridized carbons (Fsp3) is 0.700. The molecule has 0 unspecified atom stereocenters. The quantitative estimate of drug-likeness (QED) is 0.776. The van der Waals surface area contributed by atoms with E-state index in [0.717, 1.165) is 6.54 Å². The Balaban J connectivity index is 2.01. The standard InChI is InChI=1S/C10H17N5O/c1-3-10(4-5-10)6-12-8-13-7(11)14-9(15-8)16-2/h3-6H2,1-2H3,(H3,11,12,13,14,15). The third kappa shape index (κ3) is 2.32. The zero-order valence-electron chi connectivity index (χ0n) is 9.66. The molecule has 0 radical (unpaired) electrons. The van der Waals surface area contributed by atoms with E-state index < -0.39 is 0 Å². The fourth-order valence-corrected chi connectivity index (χ4v) is 1.64. The highest BCUT2D eigenvalue weighted by Crippen LogP contribution is 2.48. The lowest BCUT2D eigenvalue weighted by Gasteiger charge is -2.13. The van der Waals surface area contributed by atoms with Gasteiger partial charge in [-0.15, -0.1) is 0 Å². The second-order valence-corrected chi connectivity index (χ2v) is 4.21. The summed E-state index contributed by atoms with van der Waals surface area (Å²) in [7, 11) is 1.51. The summed E-state index contributed by atoms with van der Waals surface area (Å²) in [6.07, 6.45) is 3.72. The smallest absolute Gasteiger partial charge is 0.322 e. The normalized spacial score (nSPS) is 16.9. The first-order valence-electron chi connectivity index (χ1n) is 5.47. The van der Waals surface area contributed by atoms with E-state index in [0.29, 0.717) is 11.4 Å². The van der Waals surface area contributed by atoms with Crippen molar-refractivity contribution in [2.75, 3.05) is 24.7 Å². The lowest BCUT2D eigenvalue weighted by atomic mass is 10.0. The van der Waals surface area contributed by atoms with Gasteiger partial charge in [0.15, 0.2) is 0 Å². The van der Waals surface area contributed by atoms with E-state index in [1.54, 1.807) is 0 Å². The molecule has 3 N–H and O–H groups in total. The van der Waals surface area contributed by atoms with Crippen LogP contribution in [0.15, 0.2) is 0 Å². The highest BCUT2D eigenvalue weighted by Gasteiger charge is 2.40. The van der Waals surface area contributed by atoms with E-state index in [1.165, 1.54) is 26.4 Å². The number of anilines is 2. The van der Waals surface area contributed by atoms with Crippen molar-refractivity contribution in [1.29, 1.82) is 0 Å². The van der Waals surface area contributed by atoms with Gasteiger partial charge >= 0.3 is 6.01 Å². The van der Waals surface area contributed by atoms with Crippen molar-refractivity contribution in [3.63, 3.8) is 0 Å². The van der Waals surface area contributed by atoms with Crippen molar-refractivity contribution in [1.82, 2.24) is 15.0 Å². The second kappa shape index (κ2) is 4.11. The maximum Gasteiger partial charge on any atom is 0.322 e. The van der Waals surface area contributed by atoms with Crippen molar-refractivity contribution in [2.24, 2.45) is 5.41 Å². The molecule has 0 amide bonds. The predicted octanol–water partition coefficient (Wildman–Crippen LogP) is 1.06. The van der Waals surface area contributed by atoms with Crippen LogP contribution in [0.1, 0.15) is 26.2 Å². The summed E-state index contributed by atoms with van der Waals surface area (Å²) >= 11 is 0. The first kappa shape index (κ1) is 10.9. The molecule has 88 valence electrons. The van der Waals surface area contributed by atoms with Crippen LogP contribution in [-0.2, 0) is 0 Å². The molecule has 1 fully saturated rings. The highest BCUT2D eigenvalue weighted by molar-refractivity contribution is 5.33. The highest BCUT2D eigenvalue weighted by atomic mass is 16.5.